The molecule has 0 radical (unpaired) electrons. The monoisotopic (exact) mass is 398 g/mol. The first-order chi connectivity index (χ1) is 14.4. The zero-order chi connectivity index (χ0) is 21.4. The van der Waals surface area contributed by atoms with Crippen molar-refractivity contribution in [1.29, 1.82) is 0 Å². The minimum atomic E-state index is -0.263. The summed E-state index contributed by atoms with van der Waals surface area (Å²) in [5.74, 6) is -0.544. The van der Waals surface area contributed by atoms with Crippen LogP contribution in [0, 0.1) is 0 Å². The fourth-order valence-corrected chi connectivity index (χ4v) is 4.37. The summed E-state index contributed by atoms with van der Waals surface area (Å²) in [6.07, 6.45) is 9.66. The van der Waals surface area contributed by atoms with Crippen molar-refractivity contribution >= 4 is 23.7 Å². The van der Waals surface area contributed by atoms with Crippen LogP contribution in [-0.2, 0) is 0 Å². The molecular formula is C26H22O4. The van der Waals surface area contributed by atoms with Crippen LogP contribution in [-0.4, -0.2) is 21.8 Å². The maximum Gasteiger partial charge on any atom is 0.159 e. The lowest BCUT2D eigenvalue weighted by Gasteiger charge is -2.35. The third-order valence-corrected chi connectivity index (χ3v) is 5.92. The van der Waals surface area contributed by atoms with Gasteiger partial charge >= 0.3 is 0 Å². The van der Waals surface area contributed by atoms with E-state index in [0.717, 1.165) is 34.8 Å². The number of carbonyl (C=O) groups excluding carboxylic acids is 2. The Morgan fingerprint density at radius 3 is 1.43 bits per heavy atom. The number of aliphatic hydroxyl groups excluding tert-OH is 2. The minimum absolute atomic E-state index is 0.00935. The van der Waals surface area contributed by atoms with Crippen molar-refractivity contribution in [2.24, 2.45) is 0 Å². The van der Waals surface area contributed by atoms with Gasteiger partial charge in [0.15, 0.2) is 11.6 Å². The average molecular weight is 398 g/mol. The lowest BCUT2D eigenvalue weighted by Crippen LogP contribution is -2.21. The molecule has 0 unspecified atom stereocenters. The highest BCUT2D eigenvalue weighted by atomic mass is 16.2. The molecule has 0 saturated carbocycles. The average Bonchev–Trinajstić information content (AvgIpc) is 2.76. The van der Waals surface area contributed by atoms with Crippen LogP contribution >= 0.6 is 0 Å². The zero-order valence-electron chi connectivity index (χ0n) is 16.8. The van der Waals surface area contributed by atoms with Crippen LogP contribution in [0.1, 0.15) is 68.7 Å². The number of hydrogen-bond donors (Lipinski definition) is 2. The first-order valence-corrected chi connectivity index (χ1v) is 9.79. The van der Waals surface area contributed by atoms with Gasteiger partial charge in [0, 0.05) is 23.0 Å². The Labute approximate surface area is 175 Å². The molecule has 2 aliphatic carbocycles. The van der Waals surface area contributed by atoms with E-state index >= 15 is 0 Å². The molecule has 0 aromatic heterocycles. The Morgan fingerprint density at radius 1 is 0.700 bits per heavy atom. The van der Waals surface area contributed by atoms with Crippen LogP contribution in [0.15, 0.2) is 72.2 Å². The zero-order valence-corrected chi connectivity index (χ0v) is 16.8. The van der Waals surface area contributed by atoms with Gasteiger partial charge in [-0.2, -0.15) is 0 Å². The molecule has 2 N–H and O–H groups in total. The summed E-state index contributed by atoms with van der Waals surface area (Å²) in [6, 6.07) is 11.1. The van der Waals surface area contributed by atoms with E-state index in [0.29, 0.717) is 22.3 Å². The molecule has 30 heavy (non-hydrogen) atoms. The number of benzene rings is 2. The molecule has 0 heterocycles. The lowest BCUT2D eigenvalue weighted by atomic mass is 9.68. The largest absolute Gasteiger partial charge is 0.515 e. The summed E-state index contributed by atoms with van der Waals surface area (Å²) in [6.45, 7) is 3.07. The first kappa shape index (κ1) is 19.6. The van der Waals surface area contributed by atoms with Crippen molar-refractivity contribution in [3.8, 4) is 0 Å². The maximum absolute atomic E-state index is 11.8. The smallest absolute Gasteiger partial charge is 0.159 e. The highest BCUT2D eigenvalue weighted by Gasteiger charge is 2.35. The molecule has 2 atom stereocenters. The van der Waals surface area contributed by atoms with Crippen LogP contribution in [0.3, 0.4) is 0 Å². The van der Waals surface area contributed by atoms with E-state index in [1.807, 2.05) is 48.6 Å². The minimum Gasteiger partial charge on any atom is -0.515 e. The van der Waals surface area contributed by atoms with E-state index in [-0.39, 0.29) is 23.4 Å². The molecule has 2 aliphatic rings. The molecule has 0 bridgehead atoms. The van der Waals surface area contributed by atoms with Crippen LogP contribution in [0.4, 0.5) is 0 Å². The van der Waals surface area contributed by atoms with Crippen LogP contribution < -0.4 is 0 Å². The Bertz CT molecular complexity index is 1080. The molecule has 2 aromatic carbocycles. The molecular weight excluding hydrogens is 376 g/mol. The van der Waals surface area contributed by atoms with Crippen LogP contribution in [0.5, 0.6) is 0 Å². The third-order valence-electron chi connectivity index (χ3n) is 5.92. The highest BCUT2D eigenvalue weighted by Crippen LogP contribution is 2.50. The van der Waals surface area contributed by atoms with Crippen molar-refractivity contribution in [2.75, 3.05) is 0 Å². The molecule has 2 aromatic rings. The standard InChI is InChI=1S/C26H22O4/c1-15(29)17-7-9-23-19(11-17)3-5-21(13-27)25(23)26-22(14-28)6-4-20-12-18(16(2)30)8-10-24(20)26/h3-14,25-28H,1-2H3/t25-,26-/m0/s1. The van der Waals surface area contributed by atoms with Gasteiger partial charge in [-0.15, -0.1) is 0 Å². The van der Waals surface area contributed by atoms with Gasteiger partial charge in [-0.3, -0.25) is 9.59 Å². The van der Waals surface area contributed by atoms with Crippen LogP contribution in [0.25, 0.3) is 12.2 Å². The van der Waals surface area contributed by atoms with E-state index in [1.165, 1.54) is 13.8 Å². The van der Waals surface area contributed by atoms with E-state index < -0.39 is 0 Å². The second kappa shape index (κ2) is 7.64. The second-order valence-electron chi connectivity index (χ2n) is 7.68. The Hall–Kier alpha value is -3.66. The van der Waals surface area contributed by atoms with Gasteiger partial charge in [0.05, 0.1) is 12.5 Å². The first-order valence-electron chi connectivity index (χ1n) is 9.79. The Balaban J connectivity index is 1.92. The number of fused-ring (bicyclic) bond motifs is 2. The fourth-order valence-electron chi connectivity index (χ4n) is 4.37. The lowest BCUT2D eigenvalue weighted by molar-refractivity contribution is 0.100. The Kier molecular flexibility index (Phi) is 5.00. The number of aliphatic hydroxyl groups is 2. The van der Waals surface area contributed by atoms with Crippen molar-refractivity contribution in [1.82, 2.24) is 0 Å². The molecule has 4 heteroatoms. The molecule has 0 amide bonds. The van der Waals surface area contributed by atoms with Crippen LogP contribution in [0.2, 0.25) is 0 Å². The molecule has 0 saturated heterocycles. The van der Waals surface area contributed by atoms with Crippen molar-refractivity contribution in [3.05, 3.63) is 106 Å². The van der Waals surface area contributed by atoms with E-state index in [2.05, 4.69) is 0 Å². The number of rotatable bonds is 3. The summed E-state index contributed by atoms with van der Waals surface area (Å²) in [5.41, 5.74) is 6.41. The number of allylic oxidation sites excluding steroid dienone is 4. The molecule has 0 fully saturated rings. The molecule has 0 aliphatic heterocycles. The number of ketones is 2. The van der Waals surface area contributed by atoms with Gasteiger partial charge in [-0.05, 0) is 59.4 Å². The van der Waals surface area contributed by atoms with E-state index in [4.69, 9.17) is 0 Å². The quantitative estimate of drug-likeness (QED) is 0.499. The van der Waals surface area contributed by atoms with E-state index in [1.54, 1.807) is 12.1 Å². The van der Waals surface area contributed by atoms with Gasteiger partial charge in [0.25, 0.3) is 0 Å². The predicted molar refractivity (Wildman–Crippen MR) is 118 cm³/mol. The maximum atomic E-state index is 11.8. The number of Topliss-reactive ketones (excluding diaryl/α,β-unsaturated/α-hetero) is 2. The van der Waals surface area contributed by atoms with Crippen molar-refractivity contribution < 1.29 is 19.8 Å². The van der Waals surface area contributed by atoms with Gasteiger partial charge in [-0.25, -0.2) is 0 Å². The number of carbonyl (C=O) groups is 2. The summed E-state index contributed by atoms with van der Waals surface area (Å²) >= 11 is 0. The van der Waals surface area contributed by atoms with E-state index in [9.17, 15) is 19.8 Å². The Morgan fingerprint density at radius 2 is 1.10 bits per heavy atom. The normalized spacial score (nSPS) is 22.1. The molecule has 0 spiro atoms. The molecule has 4 rings (SSSR count). The SMILES string of the molecule is CC(=O)c1ccc2c(c1)C=CC(=CO)[C@@H]2[C@H]1C(=CO)C=Cc2cc(C(C)=O)ccc21. The third kappa shape index (κ3) is 3.20. The summed E-state index contributed by atoms with van der Waals surface area (Å²) in [5, 5.41) is 19.9. The summed E-state index contributed by atoms with van der Waals surface area (Å²) < 4.78 is 0. The van der Waals surface area contributed by atoms with Gasteiger partial charge in [0.2, 0.25) is 0 Å². The van der Waals surface area contributed by atoms with Crippen molar-refractivity contribution in [3.63, 3.8) is 0 Å². The molecule has 4 nitrogen and oxygen atoms in total. The van der Waals surface area contributed by atoms with Gasteiger partial charge in [-0.1, -0.05) is 48.6 Å². The summed E-state index contributed by atoms with van der Waals surface area (Å²) in [7, 11) is 0. The fraction of sp³-hybridized carbons (Fsp3) is 0.154. The van der Waals surface area contributed by atoms with Gasteiger partial charge in [0.1, 0.15) is 0 Å². The highest BCUT2D eigenvalue weighted by molar-refractivity contribution is 5.95. The van der Waals surface area contributed by atoms with Crippen molar-refractivity contribution in [2.45, 2.75) is 25.7 Å². The van der Waals surface area contributed by atoms with Gasteiger partial charge < -0.3 is 10.2 Å². The predicted octanol–water partition coefficient (Wildman–Crippen LogP) is 5.90. The topological polar surface area (TPSA) is 74.6 Å². The molecule has 150 valence electrons. The second-order valence-corrected chi connectivity index (χ2v) is 7.68. The summed E-state index contributed by atoms with van der Waals surface area (Å²) in [4.78, 5) is 23.7. The number of hydrogen-bond acceptors (Lipinski definition) is 4.